The lowest BCUT2D eigenvalue weighted by atomic mass is 9.95. The molecule has 3 aromatic carbocycles. The lowest BCUT2D eigenvalue weighted by molar-refractivity contribution is 0.107. The fourth-order valence-electron chi connectivity index (χ4n) is 8.86. The van der Waals surface area contributed by atoms with Crippen LogP contribution in [0.25, 0.3) is 32.8 Å². The smallest absolute Gasteiger partial charge is 0.319 e. The molecule has 6 heterocycles. The van der Waals surface area contributed by atoms with E-state index in [1.54, 1.807) is 0 Å². The fraction of sp³-hybridized carbons (Fsp3) is 0.432. The van der Waals surface area contributed by atoms with Gasteiger partial charge in [0, 0.05) is 43.2 Å². The van der Waals surface area contributed by atoms with Crippen LogP contribution in [0.4, 0.5) is 5.82 Å². The number of piperazine rings is 1. The van der Waals surface area contributed by atoms with Gasteiger partial charge in [0.05, 0.1) is 16.7 Å². The monoisotopic (exact) mass is 616 g/mol. The van der Waals surface area contributed by atoms with Crippen LogP contribution in [0.15, 0.2) is 65.2 Å². The van der Waals surface area contributed by atoms with Crippen molar-refractivity contribution in [3.63, 3.8) is 0 Å². The quantitative estimate of drug-likeness (QED) is 0.226. The number of ether oxygens (including phenoxy) is 1. The third-order valence-corrected chi connectivity index (χ3v) is 11.0. The van der Waals surface area contributed by atoms with Gasteiger partial charge in [-0.05, 0) is 105 Å². The maximum atomic E-state index is 10.6. The van der Waals surface area contributed by atoms with E-state index in [0.717, 1.165) is 95.6 Å². The summed E-state index contributed by atoms with van der Waals surface area (Å²) < 4.78 is 12.0. The average molecular weight is 617 g/mol. The highest BCUT2D eigenvalue weighted by Gasteiger charge is 2.45. The summed E-state index contributed by atoms with van der Waals surface area (Å²) in [6.45, 7) is 7.52. The van der Waals surface area contributed by atoms with E-state index in [9.17, 15) is 5.11 Å². The van der Waals surface area contributed by atoms with Crippen molar-refractivity contribution in [1.29, 1.82) is 0 Å². The highest BCUT2D eigenvalue weighted by atomic mass is 16.5. The van der Waals surface area contributed by atoms with Gasteiger partial charge in [-0.15, -0.1) is 0 Å². The number of nitrogens with zero attached hydrogens (tertiary/aromatic N) is 6. The zero-order valence-corrected chi connectivity index (χ0v) is 26.4. The van der Waals surface area contributed by atoms with Crippen molar-refractivity contribution in [2.45, 2.75) is 69.6 Å². The second-order valence-corrected chi connectivity index (χ2v) is 13.9. The van der Waals surface area contributed by atoms with Crippen molar-refractivity contribution in [3.05, 3.63) is 72.1 Å². The number of phenols is 1. The van der Waals surface area contributed by atoms with Gasteiger partial charge < -0.3 is 19.3 Å². The molecule has 236 valence electrons. The summed E-state index contributed by atoms with van der Waals surface area (Å²) in [6.07, 6.45) is 7.15. The summed E-state index contributed by atoms with van der Waals surface area (Å²) in [4.78, 5) is 17.9. The third-order valence-electron chi connectivity index (χ3n) is 11.0. The summed E-state index contributed by atoms with van der Waals surface area (Å²) in [6, 6.07) is 21.7. The van der Waals surface area contributed by atoms with Crippen LogP contribution in [0.2, 0.25) is 0 Å². The molecule has 2 atom stereocenters. The van der Waals surface area contributed by atoms with Crippen LogP contribution in [0.3, 0.4) is 0 Å². The van der Waals surface area contributed by atoms with E-state index in [1.165, 1.54) is 25.7 Å². The molecule has 5 aromatic rings. The van der Waals surface area contributed by atoms with Crippen molar-refractivity contribution >= 4 is 27.5 Å². The summed E-state index contributed by atoms with van der Waals surface area (Å²) in [5.41, 5.74) is 3.99. The molecule has 0 spiro atoms. The maximum absolute atomic E-state index is 10.6. The van der Waals surface area contributed by atoms with Crippen molar-refractivity contribution in [1.82, 2.24) is 24.9 Å². The molecule has 0 amide bonds. The zero-order valence-electron chi connectivity index (χ0n) is 26.4. The second kappa shape index (κ2) is 11.0. The summed E-state index contributed by atoms with van der Waals surface area (Å²) in [5, 5.41) is 18.0. The highest BCUT2D eigenvalue weighted by Crippen LogP contribution is 2.41. The molecule has 4 saturated heterocycles. The van der Waals surface area contributed by atoms with Gasteiger partial charge in [-0.1, -0.05) is 35.5 Å². The third kappa shape index (κ3) is 4.79. The first kappa shape index (κ1) is 28.0. The first-order valence-corrected chi connectivity index (χ1v) is 16.9. The maximum Gasteiger partial charge on any atom is 0.319 e. The number of aromatic hydroxyl groups is 1. The van der Waals surface area contributed by atoms with E-state index in [0.29, 0.717) is 24.7 Å². The van der Waals surface area contributed by atoms with Crippen LogP contribution in [0, 0.1) is 6.92 Å². The summed E-state index contributed by atoms with van der Waals surface area (Å²) in [7, 11) is 0. The van der Waals surface area contributed by atoms with E-state index in [-0.39, 0.29) is 11.3 Å². The van der Waals surface area contributed by atoms with Gasteiger partial charge in [-0.2, -0.15) is 9.97 Å². The number of hydrogen-bond acceptors (Lipinski definition) is 9. The number of phenolic OH excluding ortho intramolecular Hbond substituents is 1. The Kier molecular flexibility index (Phi) is 6.68. The number of aromatic nitrogens is 3. The first-order chi connectivity index (χ1) is 22.5. The molecule has 9 heteroatoms. The van der Waals surface area contributed by atoms with Gasteiger partial charge in [0.15, 0.2) is 0 Å². The van der Waals surface area contributed by atoms with E-state index in [2.05, 4.69) is 50.2 Å². The number of rotatable bonds is 7. The number of benzene rings is 3. The Morgan fingerprint density at radius 3 is 2.52 bits per heavy atom. The van der Waals surface area contributed by atoms with E-state index in [4.69, 9.17) is 19.2 Å². The Balaban J connectivity index is 1.09. The predicted octanol–water partition coefficient (Wildman–Crippen LogP) is 6.31. The Bertz CT molecular complexity index is 1920. The molecule has 46 heavy (non-hydrogen) atoms. The van der Waals surface area contributed by atoms with Crippen molar-refractivity contribution in [2.24, 2.45) is 0 Å². The van der Waals surface area contributed by atoms with Gasteiger partial charge in [0.25, 0.3) is 0 Å². The van der Waals surface area contributed by atoms with Gasteiger partial charge in [0.1, 0.15) is 23.9 Å². The Morgan fingerprint density at radius 1 is 0.935 bits per heavy atom. The molecule has 4 fully saturated rings. The van der Waals surface area contributed by atoms with Crippen LogP contribution in [-0.2, 0) is 6.54 Å². The normalized spacial score (nSPS) is 22.7. The van der Waals surface area contributed by atoms with Gasteiger partial charge in [-0.25, -0.2) is 0 Å². The fourth-order valence-corrected chi connectivity index (χ4v) is 8.86. The van der Waals surface area contributed by atoms with Gasteiger partial charge >= 0.3 is 6.01 Å². The number of anilines is 1. The molecule has 0 aliphatic carbocycles. The van der Waals surface area contributed by atoms with E-state index >= 15 is 0 Å². The molecule has 1 N–H and O–H groups in total. The second-order valence-electron chi connectivity index (χ2n) is 13.9. The molecule has 4 aliphatic heterocycles. The van der Waals surface area contributed by atoms with Gasteiger partial charge in [0.2, 0.25) is 0 Å². The lowest BCUT2D eigenvalue weighted by Crippen LogP contribution is -2.53. The minimum absolute atomic E-state index is 0.116. The molecule has 2 aromatic heterocycles. The number of fused-ring (bicyclic) bond motifs is 5. The molecular weight excluding hydrogens is 576 g/mol. The van der Waals surface area contributed by atoms with Crippen LogP contribution in [0.1, 0.15) is 50.0 Å². The summed E-state index contributed by atoms with van der Waals surface area (Å²) >= 11 is 0. The molecule has 2 bridgehead atoms. The SMILES string of the molecule is Cc1cc(CN2[C@@H]3CC[C@H]2CN(c2nc(OCC45CCCN4CCC5)nc4cc(-c5cc(O)cc6ccccc56)ccc24)C3)no1. The van der Waals surface area contributed by atoms with Crippen LogP contribution < -0.4 is 9.64 Å². The molecule has 0 unspecified atom stereocenters. The number of hydrogen-bond donors (Lipinski definition) is 1. The van der Waals surface area contributed by atoms with Crippen molar-refractivity contribution in [2.75, 3.05) is 37.7 Å². The highest BCUT2D eigenvalue weighted by molar-refractivity contribution is 6.01. The number of aryl methyl sites for hydroxylation is 1. The zero-order chi connectivity index (χ0) is 30.8. The predicted molar refractivity (Wildman–Crippen MR) is 178 cm³/mol. The Hall–Kier alpha value is -4.21. The largest absolute Gasteiger partial charge is 0.508 e. The minimum atomic E-state index is 0.116. The lowest BCUT2D eigenvalue weighted by Gasteiger charge is -2.41. The molecular formula is C37H40N6O3. The van der Waals surface area contributed by atoms with Crippen molar-refractivity contribution < 1.29 is 14.4 Å². The molecule has 9 rings (SSSR count). The van der Waals surface area contributed by atoms with Gasteiger partial charge in [-0.3, -0.25) is 9.80 Å². The molecule has 4 aliphatic rings. The van der Waals surface area contributed by atoms with E-state index < -0.39 is 0 Å². The summed E-state index contributed by atoms with van der Waals surface area (Å²) in [5.74, 6) is 2.07. The standard InChI is InChI=1S/C37H40N6O3/c1-24-16-27(40-46-24)20-43-28-9-10-29(43)22-41(21-28)35-32-11-8-26(33-19-30(44)17-25-6-2-3-7-31(25)33)18-34(32)38-36(39-35)45-23-37-12-4-14-42(37)15-5-13-37/h2-3,6-8,11,16-19,28-29,44H,4-5,9-10,12-15,20-23H2,1H3/t28-,29+. The van der Waals surface area contributed by atoms with Crippen molar-refractivity contribution in [3.8, 4) is 22.9 Å². The van der Waals surface area contributed by atoms with Crippen LogP contribution >= 0.6 is 0 Å². The molecule has 9 nitrogen and oxygen atoms in total. The minimum Gasteiger partial charge on any atom is -0.508 e. The average Bonchev–Trinajstić information content (AvgIpc) is 3.82. The van der Waals surface area contributed by atoms with Crippen LogP contribution in [-0.4, -0.2) is 80.4 Å². The Morgan fingerprint density at radius 2 is 1.74 bits per heavy atom. The molecule has 0 radical (unpaired) electrons. The molecule has 0 saturated carbocycles. The first-order valence-electron chi connectivity index (χ1n) is 16.9. The van der Waals surface area contributed by atoms with Crippen LogP contribution in [0.5, 0.6) is 11.8 Å². The Labute approximate surface area is 268 Å². The topological polar surface area (TPSA) is 91.0 Å². The van der Waals surface area contributed by atoms with E-state index in [1.807, 2.05) is 37.3 Å².